The molecule has 2 atom stereocenters. The molecule has 0 bridgehead atoms. The number of nitrogens with one attached hydrogen (secondary N) is 1. The quantitative estimate of drug-likeness (QED) is 0.420. The van der Waals surface area contributed by atoms with Crippen molar-refractivity contribution in [3.8, 4) is 17.3 Å². The maximum Gasteiger partial charge on any atom is 0.408 e. The topological polar surface area (TPSA) is 128 Å². The van der Waals surface area contributed by atoms with Crippen LogP contribution in [0.3, 0.4) is 0 Å². The van der Waals surface area contributed by atoms with Gasteiger partial charge in [0.05, 0.1) is 30.4 Å². The van der Waals surface area contributed by atoms with Crippen LogP contribution in [0.1, 0.15) is 56.6 Å². The molecule has 0 spiro atoms. The van der Waals surface area contributed by atoms with E-state index in [2.05, 4.69) is 26.5 Å². The Morgan fingerprint density at radius 1 is 1.17 bits per heavy atom. The third-order valence-electron chi connectivity index (χ3n) is 5.47. The Labute approximate surface area is 208 Å². The van der Waals surface area contributed by atoms with E-state index >= 15 is 0 Å². The first kappa shape index (κ1) is 24.6. The molecule has 0 saturated carbocycles. The number of hydrogen-bond acceptors (Lipinski definition) is 7. The number of nitrogens with zero attached hydrogens (tertiary/aromatic N) is 6. The van der Waals surface area contributed by atoms with E-state index in [1.165, 1.54) is 10.9 Å². The van der Waals surface area contributed by atoms with Gasteiger partial charge in [-0.25, -0.2) is 14.8 Å². The van der Waals surface area contributed by atoms with Crippen LogP contribution in [0.5, 0.6) is 0 Å². The molecule has 0 aliphatic heterocycles. The molecular formula is C26H27N7O3. The summed E-state index contributed by atoms with van der Waals surface area (Å²) in [5.74, 6) is -0.398. The first-order valence-corrected chi connectivity index (χ1v) is 11.5. The van der Waals surface area contributed by atoms with Crippen LogP contribution in [0.15, 0.2) is 61.3 Å². The zero-order valence-electron chi connectivity index (χ0n) is 20.5. The largest absolute Gasteiger partial charge is 0.444 e. The first-order chi connectivity index (χ1) is 17.2. The van der Waals surface area contributed by atoms with E-state index in [1.54, 1.807) is 68.2 Å². The van der Waals surface area contributed by atoms with E-state index in [-0.39, 0.29) is 6.04 Å². The van der Waals surface area contributed by atoms with E-state index in [0.29, 0.717) is 28.7 Å². The van der Waals surface area contributed by atoms with Crippen molar-refractivity contribution in [1.82, 2.24) is 29.6 Å². The number of benzene rings is 1. The van der Waals surface area contributed by atoms with E-state index in [4.69, 9.17) is 10.00 Å². The van der Waals surface area contributed by atoms with Crippen molar-refractivity contribution < 1.29 is 14.3 Å². The van der Waals surface area contributed by atoms with Crippen LogP contribution >= 0.6 is 0 Å². The first-order valence-electron chi connectivity index (χ1n) is 11.5. The second-order valence-electron chi connectivity index (χ2n) is 9.39. The van der Waals surface area contributed by atoms with Gasteiger partial charge in [0.1, 0.15) is 18.0 Å². The summed E-state index contributed by atoms with van der Waals surface area (Å²) >= 11 is 0. The molecule has 0 unspecified atom stereocenters. The molecule has 3 aromatic heterocycles. The number of fused-ring (bicyclic) bond motifs is 1. The van der Waals surface area contributed by atoms with Crippen LogP contribution in [0.2, 0.25) is 0 Å². The molecule has 36 heavy (non-hydrogen) atoms. The molecule has 3 heterocycles. The number of aromatic nitrogens is 5. The van der Waals surface area contributed by atoms with Gasteiger partial charge in [-0.3, -0.25) is 14.0 Å². The molecule has 4 aromatic rings. The average molecular weight is 486 g/mol. The van der Waals surface area contributed by atoms with Crippen LogP contribution in [0, 0.1) is 11.3 Å². The summed E-state index contributed by atoms with van der Waals surface area (Å²) in [6.07, 6.45) is 6.12. The fraction of sp³-hybridized carbons (Fsp3) is 0.308. The van der Waals surface area contributed by atoms with Crippen LogP contribution in [-0.2, 0) is 4.74 Å². The van der Waals surface area contributed by atoms with Gasteiger partial charge in [-0.2, -0.15) is 10.4 Å². The van der Waals surface area contributed by atoms with Gasteiger partial charge in [0.2, 0.25) is 0 Å². The van der Waals surface area contributed by atoms with E-state index < -0.39 is 23.6 Å². The Balaban J connectivity index is 1.70. The number of alkyl carbamates (subject to hydrolysis) is 1. The minimum Gasteiger partial charge on any atom is -0.444 e. The lowest BCUT2D eigenvalue weighted by atomic mass is 10.1. The molecule has 4 rings (SSSR count). The molecule has 0 saturated heterocycles. The third-order valence-corrected chi connectivity index (χ3v) is 5.47. The minimum absolute atomic E-state index is 0.0854. The summed E-state index contributed by atoms with van der Waals surface area (Å²) in [5, 5.41) is 16.7. The Kier molecular flexibility index (Phi) is 6.83. The number of nitriles is 1. The van der Waals surface area contributed by atoms with Gasteiger partial charge in [0, 0.05) is 23.3 Å². The van der Waals surface area contributed by atoms with Crippen molar-refractivity contribution in [2.45, 2.75) is 51.8 Å². The van der Waals surface area contributed by atoms with Gasteiger partial charge >= 0.3 is 6.09 Å². The van der Waals surface area contributed by atoms with Crippen molar-refractivity contribution in [2.24, 2.45) is 0 Å². The number of amides is 1. The molecule has 184 valence electrons. The van der Waals surface area contributed by atoms with E-state index in [0.717, 1.165) is 5.56 Å². The summed E-state index contributed by atoms with van der Waals surface area (Å²) in [7, 11) is 0. The highest BCUT2D eigenvalue weighted by atomic mass is 16.6. The lowest BCUT2D eigenvalue weighted by Crippen LogP contribution is -2.39. The van der Waals surface area contributed by atoms with Crippen molar-refractivity contribution >= 4 is 23.0 Å². The van der Waals surface area contributed by atoms with Crippen molar-refractivity contribution in [2.75, 3.05) is 0 Å². The Hall–Kier alpha value is -4.52. The smallest absolute Gasteiger partial charge is 0.408 e. The zero-order valence-corrected chi connectivity index (χ0v) is 20.5. The molecule has 1 aromatic carbocycles. The summed E-state index contributed by atoms with van der Waals surface area (Å²) in [5.41, 5.74) is 1.64. The maximum absolute atomic E-state index is 13.7. The molecule has 0 radical (unpaired) electrons. The van der Waals surface area contributed by atoms with Crippen molar-refractivity contribution in [1.29, 1.82) is 5.26 Å². The van der Waals surface area contributed by atoms with Crippen LogP contribution in [0.25, 0.3) is 22.3 Å². The Morgan fingerprint density at radius 2 is 1.92 bits per heavy atom. The van der Waals surface area contributed by atoms with E-state index in [9.17, 15) is 9.59 Å². The minimum atomic E-state index is -0.996. The highest BCUT2D eigenvalue weighted by Crippen LogP contribution is 2.28. The van der Waals surface area contributed by atoms with Gasteiger partial charge in [0.15, 0.2) is 5.65 Å². The fourth-order valence-corrected chi connectivity index (χ4v) is 3.78. The molecule has 10 heteroatoms. The molecule has 10 nitrogen and oxygen atoms in total. The lowest BCUT2D eigenvalue weighted by Gasteiger charge is -2.23. The second kappa shape index (κ2) is 10.00. The van der Waals surface area contributed by atoms with Crippen LogP contribution in [0.4, 0.5) is 4.79 Å². The van der Waals surface area contributed by atoms with Crippen LogP contribution in [-0.4, -0.2) is 41.9 Å². The number of rotatable bonds is 6. The summed E-state index contributed by atoms with van der Waals surface area (Å²) in [6, 6.07) is 11.8. The Bertz CT molecular complexity index is 1430. The van der Waals surface area contributed by atoms with Crippen molar-refractivity contribution in [3.63, 3.8) is 0 Å². The molecule has 1 N–H and O–H groups in total. The van der Waals surface area contributed by atoms with E-state index in [1.807, 2.05) is 19.2 Å². The SMILES string of the molecule is C[C@@H](CC#N)n1cc(-c2ncnc3c2ccn3C(=O)[C@@H](NC(=O)OC(C)(C)C)c2ccccc2)cn1. The Morgan fingerprint density at radius 3 is 2.61 bits per heavy atom. The zero-order chi connectivity index (χ0) is 25.9. The fourth-order valence-electron chi connectivity index (χ4n) is 3.78. The van der Waals surface area contributed by atoms with Gasteiger partial charge < -0.3 is 10.1 Å². The van der Waals surface area contributed by atoms with Crippen LogP contribution < -0.4 is 5.32 Å². The number of hydrogen-bond donors (Lipinski definition) is 1. The lowest BCUT2D eigenvalue weighted by molar-refractivity contribution is 0.0482. The molecule has 0 aliphatic rings. The summed E-state index contributed by atoms with van der Waals surface area (Å²) < 4.78 is 8.51. The monoisotopic (exact) mass is 485 g/mol. The highest BCUT2D eigenvalue weighted by Gasteiger charge is 2.28. The van der Waals surface area contributed by atoms with Gasteiger partial charge in [-0.15, -0.1) is 0 Å². The standard InChI is InChI=1S/C26H27N7O3/c1-17(10-12-27)33-15-19(14-30-33)21-20-11-13-32(23(20)29-16-28-21)24(34)22(18-8-6-5-7-9-18)31-25(35)36-26(2,3)4/h5-9,11,13-17,22H,10H2,1-4H3,(H,31,35)/t17-,22-/m0/s1. The normalized spacial score (nSPS) is 13.1. The van der Waals surface area contributed by atoms with Gasteiger partial charge in [-0.05, 0) is 39.3 Å². The molecule has 0 fully saturated rings. The maximum atomic E-state index is 13.7. The predicted molar refractivity (Wildman–Crippen MR) is 133 cm³/mol. The second-order valence-corrected chi connectivity index (χ2v) is 9.39. The summed E-state index contributed by atoms with van der Waals surface area (Å²) in [6.45, 7) is 7.18. The highest BCUT2D eigenvalue weighted by molar-refractivity contribution is 5.99. The van der Waals surface area contributed by atoms with Crippen molar-refractivity contribution in [3.05, 3.63) is 66.9 Å². The number of carbonyl (C=O) groups is 2. The van der Waals surface area contributed by atoms with Gasteiger partial charge in [0.25, 0.3) is 5.91 Å². The number of ether oxygens (including phenoxy) is 1. The summed E-state index contributed by atoms with van der Waals surface area (Å²) in [4.78, 5) is 35.1. The van der Waals surface area contributed by atoms with Gasteiger partial charge in [-0.1, -0.05) is 30.3 Å². The number of carbonyl (C=O) groups excluding carboxylic acids is 2. The third kappa shape index (κ3) is 5.25. The molecular weight excluding hydrogens is 458 g/mol. The predicted octanol–water partition coefficient (Wildman–Crippen LogP) is 4.68. The molecule has 0 aliphatic carbocycles. The average Bonchev–Trinajstić information content (AvgIpc) is 3.49. The molecule has 1 amide bonds.